The molecule has 0 saturated carbocycles. The van der Waals surface area contributed by atoms with Gasteiger partial charge in [0.25, 0.3) is 0 Å². The van der Waals surface area contributed by atoms with Crippen molar-refractivity contribution in [2.24, 2.45) is 0 Å². The van der Waals surface area contributed by atoms with Gasteiger partial charge in [0.05, 0.1) is 12.4 Å². The monoisotopic (exact) mass is 262 g/mol. The van der Waals surface area contributed by atoms with E-state index in [1.165, 1.54) is 24.2 Å². The SMILES string of the molecule is Cc1cc(C)nc(Sc2cnc(C(=O)O)cn2)n1. The van der Waals surface area contributed by atoms with Crippen molar-refractivity contribution in [3.8, 4) is 0 Å². The lowest BCUT2D eigenvalue weighted by molar-refractivity contribution is 0.0689. The van der Waals surface area contributed by atoms with Crippen LogP contribution in [-0.2, 0) is 0 Å². The van der Waals surface area contributed by atoms with E-state index in [-0.39, 0.29) is 5.69 Å². The third-order valence-corrected chi connectivity index (χ3v) is 2.79. The molecule has 1 N–H and O–H groups in total. The van der Waals surface area contributed by atoms with Crippen LogP contribution in [0.5, 0.6) is 0 Å². The Kier molecular flexibility index (Phi) is 3.52. The van der Waals surface area contributed by atoms with Gasteiger partial charge in [-0.1, -0.05) is 0 Å². The molecule has 0 bridgehead atoms. The number of nitrogens with zero attached hydrogens (tertiary/aromatic N) is 4. The Morgan fingerprint density at radius 1 is 1.17 bits per heavy atom. The summed E-state index contributed by atoms with van der Waals surface area (Å²) in [6.45, 7) is 3.77. The van der Waals surface area contributed by atoms with E-state index in [9.17, 15) is 4.79 Å². The first-order valence-electron chi connectivity index (χ1n) is 5.10. The molecule has 0 amide bonds. The van der Waals surface area contributed by atoms with E-state index in [1.807, 2.05) is 19.9 Å². The maximum absolute atomic E-state index is 10.6. The molecular formula is C11H10N4O2S. The lowest BCUT2D eigenvalue weighted by Crippen LogP contribution is -2.01. The molecule has 2 heterocycles. The van der Waals surface area contributed by atoms with Crippen LogP contribution in [0.2, 0.25) is 0 Å². The van der Waals surface area contributed by atoms with Crippen LogP contribution in [0.25, 0.3) is 0 Å². The second-order valence-electron chi connectivity index (χ2n) is 3.58. The molecule has 2 rings (SSSR count). The number of hydrogen-bond acceptors (Lipinski definition) is 6. The summed E-state index contributed by atoms with van der Waals surface area (Å²) in [4.78, 5) is 26.9. The molecule has 18 heavy (non-hydrogen) atoms. The maximum atomic E-state index is 10.6. The first kappa shape index (κ1) is 12.4. The van der Waals surface area contributed by atoms with Crippen molar-refractivity contribution < 1.29 is 9.90 Å². The smallest absolute Gasteiger partial charge is 0.356 e. The maximum Gasteiger partial charge on any atom is 0.356 e. The summed E-state index contributed by atoms with van der Waals surface area (Å²) < 4.78 is 0. The summed E-state index contributed by atoms with van der Waals surface area (Å²) in [6.07, 6.45) is 2.61. The molecule has 6 nitrogen and oxygen atoms in total. The van der Waals surface area contributed by atoms with Gasteiger partial charge in [-0.25, -0.2) is 24.7 Å². The van der Waals surface area contributed by atoms with Gasteiger partial charge in [0.15, 0.2) is 10.9 Å². The van der Waals surface area contributed by atoms with E-state index < -0.39 is 5.97 Å². The summed E-state index contributed by atoms with van der Waals surface area (Å²) >= 11 is 1.25. The number of aryl methyl sites for hydroxylation is 2. The topological polar surface area (TPSA) is 88.9 Å². The molecule has 0 saturated heterocycles. The van der Waals surface area contributed by atoms with Gasteiger partial charge in [-0.2, -0.15) is 0 Å². The third-order valence-electron chi connectivity index (χ3n) is 2.00. The summed E-state index contributed by atoms with van der Waals surface area (Å²) in [6, 6.07) is 1.88. The molecule has 0 fully saturated rings. The van der Waals surface area contributed by atoms with E-state index in [1.54, 1.807) is 0 Å². The number of carboxylic acid groups (broad SMARTS) is 1. The molecule has 0 unspecified atom stereocenters. The normalized spacial score (nSPS) is 10.3. The minimum atomic E-state index is -1.10. The number of aromatic carboxylic acids is 1. The Labute approximate surface area is 108 Å². The Morgan fingerprint density at radius 3 is 2.33 bits per heavy atom. The fourth-order valence-electron chi connectivity index (χ4n) is 1.31. The Balaban J connectivity index is 2.20. The first-order valence-corrected chi connectivity index (χ1v) is 5.92. The highest BCUT2D eigenvalue weighted by molar-refractivity contribution is 7.99. The van der Waals surface area contributed by atoms with E-state index in [0.717, 1.165) is 11.4 Å². The Hall–Kier alpha value is -2.02. The van der Waals surface area contributed by atoms with Crippen molar-refractivity contribution in [2.45, 2.75) is 24.0 Å². The Morgan fingerprint density at radius 2 is 1.83 bits per heavy atom. The van der Waals surface area contributed by atoms with Crippen LogP contribution in [0.15, 0.2) is 28.6 Å². The molecule has 92 valence electrons. The van der Waals surface area contributed by atoms with Gasteiger partial charge in [-0.15, -0.1) is 0 Å². The van der Waals surface area contributed by atoms with Gasteiger partial charge >= 0.3 is 5.97 Å². The van der Waals surface area contributed by atoms with Gasteiger partial charge < -0.3 is 5.11 Å². The van der Waals surface area contributed by atoms with Crippen LogP contribution in [0.1, 0.15) is 21.9 Å². The van der Waals surface area contributed by atoms with Crippen LogP contribution in [0, 0.1) is 13.8 Å². The zero-order valence-corrected chi connectivity index (χ0v) is 10.6. The van der Waals surface area contributed by atoms with Crippen molar-refractivity contribution in [1.29, 1.82) is 0 Å². The van der Waals surface area contributed by atoms with E-state index >= 15 is 0 Å². The molecule has 0 aliphatic rings. The number of carboxylic acids is 1. The first-order chi connectivity index (χ1) is 8.54. The Bertz CT molecular complexity index is 566. The molecule has 0 aliphatic carbocycles. The molecule has 7 heteroatoms. The number of hydrogen-bond donors (Lipinski definition) is 1. The molecular weight excluding hydrogens is 252 g/mol. The van der Waals surface area contributed by atoms with E-state index in [0.29, 0.717) is 10.2 Å². The third kappa shape index (κ3) is 3.01. The van der Waals surface area contributed by atoms with Crippen molar-refractivity contribution >= 4 is 17.7 Å². The quantitative estimate of drug-likeness (QED) is 0.842. The van der Waals surface area contributed by atoms with Gasteiger partial charge in [0.2, 0.25) is 0 Å². The minimum Gasteiger partial charge on any atom is -0.476 e. The zero-order chi connectivity index (χ0) is 13.1. The second kappa shape index (κ2) is 5.09. The van der Waals surface area contributed by atoms with Gasteiger partial charge in [-0.3, -0.25) is 0 Å². The van der Waals surface area contributed by atoms with Crippen molar-refractivity contribution in [1.82, 2.24) is 19.9 Å². The summed E-state index contributed by atoms with van der Waals surface area (Å²) in [5, 5.41) is 9.84. The summed E-state index contributed by atoms with van der Waals surface area (Å²) in [7, 11) is 0. The van der Waals surface area contributed by atoms with Crippen LogP contribution in [0.4, 0.5) is 0 Å². The number of aromatic nitrogens is 4. The number of rotatable bonds is 3. The van der Waals surface area contributed by atoms with Crippen LogP contribution in [0.3, 0.4) is 0 Å². The molecule has 2 aromatic heterocycles. The molecule has 0 radical (unpaired) electrons. The van der Waals surface area contributed by atoms with Crippen LogP contribution >= 0.6 is 11.8 Å². The van der Waals surface area contributed by atoms with E-state index in [2.05, 4.69) is 19.9 Å². The predicted octanol–water partition coefficient (Wildman–Crippen LogP) is 1.73. The molecule has 2 aromatic rings. The molecule has 0 atom stereocenters. The zero-order valence-electron chi connectivity index (χ0n) is 9.78. The van der Waals surface area contributed by atoms with Crippen LogP contribution < -0.4 is 0 Å². The van der Waals surface area contributed by atoms with Crippen molar-refractivity contribution in [3.63, 3.8) is 0 Å². The average molecular weight is 262 g/mol. The molecule has 0 aliphatic heterocycles. The largest absolute Gasteiger partial charge is 0.476 e. The van der Waals surface area contributed by atoms with Gasteiger partial charge in [0, 0.05) is 11.4 Å². The van der Waals surface area contributed by atoms with Crippen molar-refractivity contribution in [2.75, 3.05) is 0 Å². The van der Waals surface area contributed by atoms with Gasteiger partial charge in [0.1, 0.15) is 5.03 Å². The second-order valence-corrected chi connectivity index (χ2v) is 4.57. The van der Waals surface area contributed by atoms with Crippen LogP contribution in [-0.4, -0.2) is 31.0 Å². The van der Waals surface area contributed by atoms with E-state index in [4.69, 9.17) is 5.11 Å². The minimum absolute atomic E-state index is 0.0827. The fourth-order valence-corrected chi connectivity index (χ4v) is 2.09. The fraction of sp³-hybridized carbons (Fsp3) is 0.182. The molecule has 0 spiro atoms. The standard InChI is InChI=1S/C11H10N4O2S/c1-6-3-7(2)15-11(14-6)18-9-5-12-8(4-13-9)10(16)17/h3-5H,1-2H3,(H,16,17). The highest BCUT2D eigenvalue weighted by atomic mass is 32.2. The average Bonchev–Trinajstić information content (AvgIpc) is 2.28. The highest BCUT2D eigenvalue weighted by Gasteiger charge is 2.07. The predicted molar refractivity (Wildman–Crippen MR) is 64.6 cm³/mol. The lowest BCUT2D eigenvalue weighted by atomic mass is 10.4. The van der Waals surface area contributed by atoms with Crippen molar-refractivity contribution in [3.05, 3.63) is 35.5 Å². The number of carbonyl (C=O) groups is 1. The lowest BCUT2D eigenvalue weighted by Gasteiger charge is -2.02. The highest BCUT2D eigenvalue weighted by Crippen LogP contribution is 2.22. The summed E-state index contributed by atoms with van der Waals surface area (Å²) in [5.74, 6) is -1.10. The molecule has 0 aromatic carbocycles. The summed E-state index contributed by atoms with van der Waals surface area (Å²) in [5.41, 5.74) is 1.67. The van der Waals surface area contributed by atoms with Gasteiger partial charge in [-0.05, 0) is 31.7 Å².